The largest absolute Gasteiger partial charge is 0.467 e. The minimum Gasteiger partial charge on any atom is -0.467 e. The quantitative estimate of drug-likeness (QED) is 0.488. The highest BCUT2D eigenvalue weighted by Crippen LogP contribution is 2.27. The summed E-state index contributed by atoms with van der Waals surface area (Å²) in [7, 11) is 0. The molecule has 146 valence electrons. The maximum absolute atomic E-state index is 13.0. The Labute approximate surface area is 173 Å². The number of nitrogens with zero attached hydrogens (tertiary/aromatic N) is 2. The van der Waals surface area contributed by atoms with E-state index in [2.05, 4.69) is 31.3 Å². The van der Waals surface area contributed by atoms with Crippen LogP contribution in [-0.2, 0) is 6.54 Å². The zero-order valence-corrected chi connectivity index (χ0v) is 16.9. The Kier molecular flexibility index (Phi) is 5.23. The Morgan fingerprint density at radius 2 is 1.90 bits per heavy atom. The SMILES string of the molecule is Cc1ccc(-c2cc(C(=O)NCc3ccco3)n(-c3ccccc3Cl)n2)cc1C. The van der Waals surface area contributed by atoms with Crippen molar-refractivity contribution in [1.29, 1.82) is 0 Å². The van der Waals surface area contributed by atoms with Crippen molar-refractivity contribution in [2.45, 2.75) is 20.4 Å². The van der Waals surface area contributed by atoms with Gasteiger partial charge in [-0.1, -0.05) is 35.9 Å². The number of hydrogen-bond acceptors (Lipinski definition) is 3. The molecule has 29 heavy (non-hydrogen) atoms. The number of aromatic nitrogens is 2. The van der Waals surface area contributed by atoms with Gasteiger partial charge in [0.2, 0.25) is 0 Å². The summed E-state index contributed by atoms with van der Waals surface area (Å²) in [6.07, 6.45) is 1.58. The lowest BCUT2D eigenvalue weighted by Gasteiger charge is -2.09. The van der Waals surface area contributed by atoms with Crippen LogP contribution in [0.5, 0.6) is 0 Å². The molecule has 0 aliphatic heterocycles. The number of benzene rings is 2. The van der Waals surface area contributed by atoms with Gasteiger partial charge >= 0.3 is 0 Å². The molecule has 0 saturated carbocycles. The van der Waals surface area contributed by atoms with Crippen LogP contribution in [0, 0.1) is 13.8 Å². The number of para-hydroxylation sites is 1. The van der Waals surface area contributed by atoms with Crippen molar-refractivity contribution in [1.82, 2.24) is 15.1 Å². The number of carbonyl (C=O) groups is 1. The maximum Gasteiger partial charge on any atom is 0.270 e. The number of halogens is 1. The van der Waals surface area contributed by atoms with Crippen molar-refractivity contribution in [2.75, 3.05) is 0 Å². The van der Waals surface area contributed by atoms with Crippen LogP contribution in [0.2, 0.25) is 5.02 Å². The fourth-order valence-electron chi connectivity index (χ4n) is 3.06. The van der Waals surface area contributed by atoms with E-state index in [0.717, 1.165) is 5.56 Å². The van der Waals surface area contributed by atoms with E-state index in [9.17, 15) is 4.79 Å². The van der Waals surface area contributed by atoms with Gasteiger partial charge in [-0.3, -0.25) is 4.79 Å². The molecule has 5 nitrogen and oxygen atoms in total. The van der Waals surface area contributed by atoms with Gasteiger partial charge in [-0.25, -0.2) is 4.68 Å². The molecule has 1 N–H and O–H groups in total. The molecule has 0 spiro atoms. The van der Waals surface area contributed by atoms with Crippen LogP contribution in [0.3, 0.4) is 0 Å². The molecule has 2 aromatic carbocycles. The van der Waals surface area contributed by atoms with Crippen molar-refractivity contribution >= 4 is 17.5 Å². The van der Waals surface area contributed by atoms with E-state index in [4.69, 9.17) is 21.1 Å². The number of aryl methyl sites for hydroxylation is 2. The van der Waals surface area contributed by atoms with Gasteiger partial charge in [0.15, 0.2) is 0 Å². The average Bonchev–Trinajstić information content (AvgIpc) is 3.38. The molecular formula is C23H20ClN3O2. The average molecular weight is 406 g/mol. The second kappa shape index (κ2) is 7.97. The Morgan fingerprint density at radius 1 is 1.07 bits per heavy atom. The van der Waals surface area contributed by atoms with Gasteiger partial charge < -0.3 is 9.73 Å². The van der Waals surface area contributed by atoms with E-state index >= 15 is 0 Å². The van der Waals surface area contributed by atoms with Crippen LogP contribution in [0.25, 0.3) is 16.9 Å². The molecule has 6 heteroatoms. The fraction of sp³-hybridized carbons (Fsp3) is 0.130. The summed E-state index contributed by atoms with van der Waals surface area (Å²) in [6.45, 7) is 4.41. The lowest BCUT2D eigenvalue weighted by Crippen LogP contribution is -2.25. The monoisotopic (exact) mass is 405 g/mol. The Morgan fingerprint density at radius 3 is 2.62 bits per heavy atom. The predicted octanol–water partition coefficient (Wildman–Crippen LogP) is 5.33. The van der Waals surface area contributed by atoms with Crippen LogP contribution in [0.1, 0.15) is 27.4 Å². The lowest BCUT2D eigenvalue weighted by atomic mass is 10.0. The van der Waals surface area contributed by atoms with Crippen LogP contribution >= 0.6 is 11.6 Å². The number of amides is 1. The first kappa shape index (κ1) is 19.0. The highest BCUT2D eigenvalue weighted by atomic mass is 35.5. The third kappa shape index (κ3) is 3.96. The molecule has 0 unspecified atom stereocenters. The zero-order valence-electron chi connectivity index (χ0n) is 16.1. The van der Waals surface area contributed by atoms with Crippen LogP contribution < -0.4 is 5.32 Å². The highest BCUT2D eigenvalue weighted by Gasteiger charge is 2.19. The molecule has 4 aromatic rings. The predicted molar refractivity (Wildman–Crippen MR) is 113 cm³/mol. The molecule has 0 aliphatic carbocycles. The Hall–Kier alpha value is -3.31. The molecule has 0 aliphatic rings. The first-order valence-corrected chi connectivity index (χ1v) is 9.64. The molecule has 1 amide bonds. The number of carbonyl (C=O) groups excluding carboxylic acids is 1. The Balaban J connectivity index is 1.75. The molecule has 2 heterocycles. The summed E-state index contributed by atoms with van der Waals surface area (Å²) in [5.41, 5.74) is 5.06. The summed E-state index contributed by atoms with van der Waals surface area (Å²) in [6, 6.07) is 18.8. The summed E-state index contributed by atoms with van der Waals surface area (Å²) in [5, 5.41) is 8.09. The van der Waals surface area contributed by atoms with E-state index in [0.29, 0.717) is 34.4 Å². The first-order chi connectivity index (χ1) is 14.0. The lowest BCUT2D eigenvalue weighted by molar-refractivity contribution is 0.0940. The van der Waals surface area contributed by atoms with Crippen LogP contribution in [0.4, 0.5) is 0 Å². The van der Waals surface area contributed by atoms with Crippen molar-refractivity contribution in [3.05, 3.63) is 94.5 Å². The number of hydrogen-bond donors (Lipinski definition) is 1. The first-order valence-electron chi connectivity index (χ1n) is 9.26. The number of nitrogens with one attached hydrogen (secondary N) is 1. The van der Waals surface area contributed by atoms with Gasteiger partial charge in [0, 0.05) is 5.56 Å². The van der Waals surface area contributed by atoms with E-state index < -0.39 is 0 Å². The highest BCUT2D eigenvalue weighted by molar-refractivity contribution is 6.32. The smallest absolute Gasteiger partial charge is 0.270 e. The third-order valence-electron chi connectivity index (χ3n) is 4.83. The van der Waals surface area contributed by atoms with Crippen molar-refractivity contribution < 1.29 is 9.21 Å². The van der Waals surface area contributed by atoms with Gasteiger partial charge in [-0.2, -0.15) is 5.10 Å². The normalized spacial score (nSPS) is 10.9. The van der Waals surface area contributed by atoms with E-state index in [1.165, 1.54) is 11.1 Å². The molecule has 0 radical (unpaired) electrons. The van der Waals surface area contributed by atoms with Gasteiger partial charge in [-0.15, -0.1) is 0 Å². The summed E-state index contributed by atoms with van der Waals surface area (Å²) in [5.74, 6) is 0.417. The molecule has 0 atom stereocenters. The molecule has 0 fully saturated rings. The van der Waals surface area contributed by atoms with Gasteiger partial charge in [-0.05, 0) is 61.4 Å². The summed E-state index contributed by atoms with van der Waals surface area (Å²) < 4.78 is 6.88. The molecule has 0 saturated heterocycles. The second-order valence-corrected chi connectivity index (χ2v) is 7.25. The van der Waals surface area contributed by atoms with Gasteiger partial charge in [0.05, 0.1) is 29.2 Å². The van der Waals surface area contributed by atoms with Gasteiger partial charge in [0.1, 0.15) is 11.5 Å². The van der Waals surface area contributed by atoms with Crippen LogP contribution in [0.15, 0.2) is 71.3 Å². The molecular weight excluding hydrogens is 386 g/mol. The topological polar surface area (TPSA) is 60.1 Å². The number of rotatable bonds is 5. The molecule has 0 bridgehead atoms. The van der Waals surface area contributed by atoms with E-state index in [1.807, 2.05) is 30.3 Å². The van der Waals surface area contributed by atoms with Crippen molar-refractivity contribution in [2.24, 2.45) is 0 Å². The van der Waals surface area contributed by atoms with Crippen LogP contribution in [-0.4, -0.2) is 15.7 Å². The minimum absolute atomic E-state index is 0.260. The third-order valence-corrected chi connectivity index (χ3v) is 5.15. The summed E-state index contributed by atoms with van der Waals surface area (Å²) in [4.78, 5) is 13.0. The summed E-state index contributed by atoms with van der Waals surface area (Å²) >= 11 is 6.39. The standard InChI is InChI=1S/C23H20ClN3O2/c1-15-9-10-17(12-16(15)2)20-13-22(23(28)25-14-18-6-5-11-29-18)27(26-20)21-8-4-3-7-19(21)24/h3-13H,14H2,1-2H3,(H,25,28). The second-order valence-electron chi connectivity index (χ2n) is 6.84. The maximum atomic E-state index is 13.0. The fourth-order valence-corrected chi connectivity index (χ4v) is 3.28. The van der Waals surface area contributed by atoms with Gasteiger partial charge in [0.25, 0.3) is 5.91 Å². The van der Waals surface area contributed by atoms with Crippen molar-refractivity contribution in [3.63, 3.8) is 0 Å². The van der Waals surface area contributed by atoms with E-state index in [-0.39, 0.29) is 5.91 Å². The van der Waals surface area contributed by atoms with Crippen molar-refractivity contribution in [3.8, 4) is 16.9 Å². The minimum atomic E-state index is -0.260. The number of furan rings is 1. The molecule has 4 rings (SSSR count). The molecule has 2 aromatic heterocycles. The van der Waals surface area contributed by atoms with E-state index in [1.54, 1.807) is 29.1 Å². The zero-order chi connectivity index (χ0) is 20.4. The Bertz CT molecular complexity index is 1160.